The van der Waals surface area contributed by atoms with Crippen molar-refractivity contribution >= 4 is 0 Å². The van der Waals surface area contributed by atoms with Gasteiger partial charge in [0.25, 0.3) is 0 Å². The van der Waals surface area contributed by atoms with E-state index in [0.717, 1.165) is 35.8 Å². The van der Waals surface area contributed by atoms with Crippen LogP contribution in [0.3, 0.4) is 0 Å². The van der Waals surface area contributed by atoms with Crippen molar-refractivity contribution < 1.29 is 42.9 Å². The normalized spacial score (nSPS) is 15.4. The van der Waals surface area contributed by atoms with Crippen molar-refractivity contribution in [3.8, 4) is 0 Å². The maximum Gasteiger partial charge on any atom is 0.0857 e. The summed E-state index contributed by atoms with van der Waals surface area (Å²) in [4.78, 5) is 0. The fraction of sp³-hybridized carbons (Fsp3) is 1.00. The lowest BCUT2D eigenvalue weighted by atomic mass is 9.94. The molecule has 4 atom stereocenters. The molecule has 0 fully saturated rings. The molecule has 0 bridgehead atoms. The second-order valence-corrected chi connectivity index (χ2v) is 15.8. The van der Waals surface area contributed by atoms with E-state index in [1.165, 1.54) is 125 Å². The van der Waals surface area contributed by atoms with Gasteiger partial charge in [0.1, 0.15) is 0 Å². The molecule has 4 heteroatoms. The van der Waals surface area contributed by atoms with Crippen LogP contribution in [0.15, 0.2) is 0 Å². The molecule has 246 valence electrons. The standard InChI is InChI=1S/C36H78N2.2BrH/c1-31(2)21-17-23-33(5)25-19-27-35(7)37(9,10)29-15-13-14-16-30-38(11,12)36(8)28-20-26-34(6)24-18-22-32(3)4;;/h31-36H,13-30H2,1-12H3;2*1H/q+2;;/p-2. The number of nitrogens with zero attached hydrogens (tertiary/aromatic N) is 2. The quantitative estimate of drug-likeness (QED) is 0.0955. The molecule has 0 aromatic carbocycles. The van der Waals surface area contributed by atoms with Crippen LogP contribution in [0.25, 0.3) is 0 Å². The Morgan fingerprint density at radius 3 is 0.900 bits per heavy atom. The smallest absolute Gasteiger partial charge is 0.0857 e. The van der Waals surface area contributed by atoms with Gasteiger partial charge in [0, 0.05) is 0 Å². The highest BCUT2D eigenvalue weighted by Gasteiger charge is 2.25. The van der Waals surface area contributed by atoms with E-state index in [2.05, 4.69) is 83.6 Å². The van der Waals surface area contributed by atoms with Gasteiger partial charge in [-0.2, -0.15) is 0 Å². The zero-order chi connectivity index (χ0) is 29.2. The largest absolute Gasteiger partial charge is 1.00 e. The Morgan fingerprint density at radius 1 is 0.350 bits per heavy atom. The van der Waals surface area contributed by atoms with Crippen molar-refractivity contribution in [2.45, 2.75) is 170 Å². The van der Waals surface area contributed by atoms with Crippen molar-refractivity contribution in [2.24, 2.45) is 23.7 Å². The van der Waals surface area contributed by atoms with Crippen LogP contribution in [-0.4, -0.2) is 62.3 Å². The van der Waals surface area contributed by atoms with E-state index in [9.17, 15) is 0 Å². The molecule has 4 unspecified atom stereocenters. The average molecular weight is 699 g/mol. The van der Waals surface area contributed by atoms with E-state index in [-0.39, 0.29) is 34.0 Å². The van der Waals surface area contributed by atoms with Gasteiger partial charge in [0.2, 0.25) is 0 Å². The fourth-order valence-electron chi connectivity index (χ4n) is 6.09. The van der Waals surface area contributed by atoms with Crippen molar-refractivity contribution in [3.05, 3.63) is 0 Å². The molecule has 0 heterocycles. The SMILES string of the molecule is CC(C)CCCC(C)CCCC(C)[N+](C)(C)CCCCCC[N+](C)(C)C(C)CCCC(C)CCCC(C)C.[Br-].[Br-]. The van der Waals surface area contributed by atoms with Crippen molar-refractivity contribution in [3.63, 3.8) is 0 Å². The molecule has 0 aliphatic carbocycles. The summed E-state index contributed by atoms with van der Waals surface area (Å²) in [6.45, 7) is 22.0. The van der Waals surface area contributed by atoms with Gasteiger partial charge in [-0.3, -0.25) is 0 Å². The molecular weight excluding hydrogens is 620 g/mol. The Morgan fingerprint density at radius 2 is 0.625 bits per heavy atom. The predicted octanol–water partition coefficient (Wildman–Crippen LogP) is 4.75. The first-order valence-electron chi connectivity index (χ1n) is 17.3. The van der Waals surface area contributed by atoms with E-state index in [4.69, 9.17) is 0 Å². The maximum absolute atomic E-state index is 2.50. The van der Waals surface area contributed by atoms with Gasteiger partial charge < -0.3 is 42.9 Å². The van der Waals surface area contributed by atoms with Gasteiger partial charge in [-0.05, 0) is 88.9 Å². The summed E-state index contributed by atoms with van der Waals surface area (Å²) in [5.41, 5.74) is 0. The molecule has 2 nitrogen and oxygen atoms in total. The summed E-state index contributed by atoms with van der Waals surface area (Å²) < 4.78 is 2.41. The Bertz CT molecular complexity index is 499. The molecule has 0 radical (unpaired) electrons. The highest BCUT2D eigenvalue weighted by Crippen LogP contribution is 2.23. The van der Waals surface area contributed by atoms with Crippen LogP contribution in [0.1, 0.15) is 158 Å². The lowest BCUT2D eigenvalue weighted by Gasteiger charge is -2.37. The Labute approximate surface area is 276 Å². The van der Waals surface area contributed by atoms with Crippen molar-refractivity contribution in [2.75, 3.05) is 41.3 Å². The summed E-state index contributed by atoms with van der Waals surface area (Å²) in [7, 11) is 9.90. The third-order valence-electron chi connectivity index (χ3n) is 10.2. The number of halogens is 2. The number of rotatable bonds is 25. The minimum absolute atomic E-state index is 0. The lowest BCUT2D eigenvalue weighted by Crippen LogP contribution is -3.00. The molecule has 0 aromatic rings. The monoisotopic (exact) mass is 696 g/mol. The summed E-state index contributed by atoms with van der Waals surface area (Å²) >= 11 is 0. The summed E-state index contributed by atoms with van der Waals surface area (Å²) in [6, 6.07) is 1.57. The molecular formula is C36H78Br2N2. The van der Waals surface area contributed by atoms with Crippen LogP contribution >= 0.6 is 0 Å². The number of unbranched alkanes of at least 4 members (excludes halogenated alkanes) is 3. The topological polar surface area (TPSA) is 0 Å². The molecule has 0 N–H and O–H groups in total. The number of hydrogen-bond acceptors (Lipinski definition) is 0. The molecule has 0 rings (SSSR count). The van der Waals surface area contributed by atoms with Gasteiger partial charge in [0.15, 0.2) is 0 Å². The summed E-state index contributed by atoms with van der Waals surface area (Å²) in [5, 5.41) is 0. The van der Waals surface area contributed by atoms with Crippen LogP contribution < -0.4 is 34.0 Å². The average Bonchev–Trinajstić information content (AvgIpc) is 2.80. The van der Waals surface area contributed by atoms with Crippen molar-refractivity contribution in [1.29, 1.82) is 0 Å². The zero-order valence-electron chi connectivity index (χ0n) is 29.8. The highest BCUT2D eigenvalue weighted by molar-refractivity contribution is 4.61. The minimum Gasteiger partial charge on any atom is -1.00 e. The Kier molecular flexibility index (Phi) is 28.6. The first-order valence-corrected chi connectivity index (χ1v) is 17.3. The van der Waals surface area contributed by atoms with Gasteiger partial charge in [-0.1, -0.05) is 92.9 Å². The second kappa shape index (κ2) is 25.2. The molecule has 0 spiro atoms. The molecule has 0 aromatic heterocycles. The Balaban J connectivity index is -0.00000684. The highest BCUT2D eigenvalue weighted by atomic mass is 79.9. The third kappa shape index (κ3) is 24.3. The van der Waals surface area contributed by atoms with Gasteiger partial charge >= 0.3 is 0 Å². The Hall–Kier alpha value is 0.880. The van der Waals surface area contributed by atoms with E-state index in [0.29, 0.717) is 0 Å². The van der Waals surface area contributed by atoms with Crippen LogP contribution in [0.2, 0.25) is 0 Å². The third-order valence-corrected chi connectivity index (χ3v) is 10.2. The zero-order valence-corrected chi connectivity index (χ0v) is 33.0. The molecule has 0 saturated carbocycles. The van der Waals surface area contributed by atoms with Gasteiger partial charge in [-0.15, -0.1) is 0 Å². The lowest BCUT2D eigenvalue weighted by molar-refractivity contribution is -0.914. The van der Waals surface area contributed by atoms with E-state index < -0.39 is 0 Å². The molecule has 0 saturated heterocycles. The first-order chi connectivity index (χ1) is 17.7. The fourth-order valence-corrected chi connectivity index (χ4v) is 6.09. The van der Waals surface area contributed by atoms with Gasteiger partial charge in [-0.25, -0.2) is 0 Å². The summed E-state index contributed by atoms with van der Waals surface area (Å²) in [5.74, 6) is 3.54. The van der Waals surface area contributed by atoms with Crippen LogP contribution in [0, 0.1) is 23.7 Å². The maximum atomic E-state index is 2.50. The molecule has 0 aliphatic heterocycles. The van der Waals surface area contributed by atoms with E-state index in [1.807, 2.05) is 0 Å². The predicted molar refractivity (Wildman–Crippen MR) is 175 cm³/mol. The molecule has 40 heavy (non-hydrogen) atoms. The van der Waals surface area contributed by atoms with Crippen molar-refractivity contribution in [1.82, 2.24) is 0 Å². The van der Waals surface area contributed by atoms with Crippen LogP contribution in [0.4, 0.5) is 0 Å². The number of quaternary nitrogens is 2. The minimum atomic E-state index is 0. The number of hydrogen-bond donors (Lipinski definition) is 0. The van der Waals surface area contributed by atoms with Gasteiger partial charge in [0.05, 0.1) is 53.4 Å². The summed E-state index contributed by atoms with van der Waals surface area (Å²) in [6.07, 6.45) is 22.5. The van der Waals surface area contributed by atoms with Crippen LogP contribution in [-0.2, 0) is 0 Å². The van der Waals surface area contributed by atoms with E-state index in [1.54, 1.807) is 0 Å². The van der Waals surface area contributed by atoms with E-state index >= 15 is 0 Å². The second-order valence-electron chi connectivity index (χ2n) is 15.8. The molecule has 0 amide bonds. The molecule has 0 aliphatic rings. The van der Waals surface area contributed by atoms with Crippen LogP contribution in [0.5, 0.6) is 0 Å². The first kappa shape index (κ1) is 45.3.